The quantitative estimate of drug-likeness (QED) is 0.436. The summed E-state index contributed by atoms with van der Waals surface area (Å²) in [6.45, 7) is 0.187. The van der Waals surface area contributed by atoms with Crippen LogP contribution in [0.15, 0.2) is 65.1 Å². The minimum atomic E-state index is -1.99. The van der Waals surface area contributed by atoms with E-state index in [1.54, 1.807) is 75.9 Å². The number of fused-ring (bicyclic) bond motifs is 1. The van der Waals surface area contributed by atoms with E-state index in [4.69, 9.17) is 14.2 Å². The summed E-state index contributed by atoms with van der Waals surface area (Å²) < 4.78 is 16.5. The number of hydrogen-bond donors (Lipinski definition) is 1. The maximum Gasteiger partial charge on any atom is 0.264 e. The number of carbonyl (C=O) groups is 2. The zero-order valence-corrected chi connectivity index (χ0v) is 20.6. The van der Waals surface area contributed by atoms with Crippen molar-refractivity contribution in [2.24, 2.45) is 0 Å². The number of hydrogen-bond acceptors (Lipinski definition) is 6. The van der Waals surface area contributed by atoms with E-state index in [9.17, 15) is 14.7 Å². The topological polar surface area (TPSA) is 85.3 Å². The van der Waals surface area contributed by atoms with E-state index in [2.05, 4.69) is 15.9 Å². The van der Waals surface area contributed by atoms with E-state index in [1.807, 2.05) is 6.07 Å². The third kappa shape index (κ3) is 4.26. The molecule has 34 heavy (non-hydrogen) atoms. The second-order valence-electron chi connectivity index (χ2n) is 7.93. The molecule has 176 valence electrons. The van der Waals surface area contributed by atoms with Gasteiger partial charge in [0.05, 0.1) is 40.0 Å². The average Bonchev–Trinajstić information content (AvgIpc) is 3.05. The van der Waals surface area contributed by atoms with Crippen LogP contribution in [0.5, 0.6) is 17.2 Å². The number of anilines is 1. The van der Waals surface area contributed by atoms with Crippen LogP contribution >= 0.6 is 15.9 Å². The molecule has 1 amide bonds. The number of nitrogens with zero attached hydrogens (tertiary/aromatic N) is 1. The van der Waals surface area contributed by atoms with Crippen LogP contribution < -0.4 is 19.1 Å². The molecule has 1 aliphatic heterocycles. The lowest BCUT2D eigenvalue weighted by Gasteiger charge is -2.23. The molecule has 1 heterocycles. The van der Waals surface area contributed by atoms with E-state index in [-0.39, 0.29) is 18.7 Å². The van der Waals surface area contributed by atoms with Gasteiger partial charge in [-0.25, -0.2) is 0 Å². The Morgan fingerprint density at radius 3 is 2.29 bits per heavy atom. The summed E-state index contributed by atoms with van der Waals surface area (Å²) in [5, 5.41) is 11.6. The van der Waals surface area contributed by atoms with E-state index in [0.29, 0.717) is 38.5 Å². The normalized spacial score (nSPS) is 16.9. The standard InChI is InChI=1S/C26H24BrNO6/c1-32-19-8-5-17(6-9-19)22(29)14-26(31)20-13-18(27)7-10-21(20)28(25(26)30)15-16-4-11-23(33-2)24(12-16)34-3/h4-13,31H,14-15H2,1-3H3. The molecule has 3 aromatic rings. The maximum absolute atomic E-state index is 13.6. The largest absolute Gasteiger partial charge is 0.497 e. The highest BCUT2D eigenvalue weighted by molar-refractivity contribution is 9.10. The highest BCUT2D eigenvalue weighted by Gasteiger charge is 2.51. The number of aliphatic hydroxyl groups is 1. The van der Waals surface area contributed by atoms with E-state index in [1.165, 1.54) is 4.90 Å². The number of ether oxygens (including phenoxy) is 3. The van der Waals surface area contributed by atoms with Crippen molar-refractivity contribution in [3.05, 3.63) is 81.8 Å². The second-order valence-corrected chi connectivity index (χ2v) is 8.85. The third-order valence-corrected chi connectivity index (χ3v) is 6.40. The molecule has 7 nitrogen and oxygen atoms in total. The molecular weight excluding hydrogens is 502 g/mol. The Kier molecular flexibility index (Phi) is 6.63. The molecule has 1 N–H and O–H groups in total. The van der Waals surface area contributed by atoms with Crippen molar-refractivity contribution >= 4 is 33.3 Å². The smallest absolute Gasteiger partial charge is 0.264 e. The lowest BCUT2D eigenvalue weighted by atomic mass is 9.88. The molecular formula is C26H24BrNO6. The molecule has 0 spiro atoms. The van der Waals surface area contributed by atoms with Crippen molar-refractivity contribution in [1.82, 2.24) is 0 Å². The number of methoxy groups -OCH3 is 3. The number of halogens is 1. The fraction of sp³-hybridized carbons (Fsp3) is 0.231. The molecule has 1 atom stereocenters. The van der Waals surface area contributed by atoms with Gasteiger partial charge in [-0.15, -0.1) is 0 Å². The van der Waals surface area contributed by atoms with Crippen LogP contribution in [-0.2, 0) is 16.9 Å². The number of rotatable bonds is 8. The Labute approximate surface area is 206 Å². The van der Waals surface area contributed by atoms with Gasteiger partial charge >= 0.3 is 0 Å². The van der Waals surface area contributed by atoms with Crippen LogP contribution in [0.4, 0.5) is 5.69 Å². The fourth-order valence-electron chi connectivity index (χ4n) is 4.12. The molecule has 4 rings (SSSR count). The molecule has 0 saturated heterocycles. The van der Waals surface area contributed by atoms with Gasteiger partial charge in [-0.2, -0.15) is 0 Å². The summed E-state index contributed by atoms with van der Waals surface area (Å²) in [4.78, 5) is 28.1. The number of benzene rings is 3. The van der Waals surface area contributed by atoms with Gasteiger partial charge < -0.3 is 24.2 Å². The van der Waals surface area contributed by atoms with Gasteiger partial charge in [0.25, 0.3) is 5.91 Å². The first-order valence-electron chi connectivity index (χ1n) is 10.5. The molecule has 0 fully saturated rings. The molecule has 0 radical (unpaired) electrons. The van der Waals surface area contributed by atoms with Crippen LogP contribution in [0.25, 0.3) is 0 Å². The molecule has 0 bridgehead atoms. The Bertz CT molecular complexity index is 1240. The van der Waals surface area contributed by atoms with E-state index < -0.39 is 11.5 Å². The highest BCUT2D eigenvalue weighted by Crippen LogP contribution is 2.45. The van der Waals surface area contributed by atoms with Crippen molar-refractivity contribution in [1.29, 1.82) is 0 Å². The SMILES string of the molecule is COc1ccc(C(=O)CC2(O)C(=O)N(Cc3ccc(OC)c(OC)c3)c3ccc(Br)cc32)cc1. The van der Waals surface area contributed by atoms with Gasteiger partial charge in [0.2, 0.25) is 0 Å². The summed E-state index contributed by atoms with van der Waals surface area (Å²) >= 11 is 3.41. The lowest BCUT2D eigenvalue weighted by Crippen LogP contribution is -2.41. The highest BCUT2D eigenvalue weighted by atomic mass is 79.9. The van der Waals surface area contributed by atoms with Crippen LogP contribution in [0, 0.1) is 0 Å². The Balaban J connectivity index is 1.67. The first-order valence-corrected chi connectivity index (χ1v) is 11.3. The first kappa shape index (κ1) is 23.8. The van der Waals surface area contributed by atoms with Gasteiger partial charge in [-0.1, -0.05) is 22.0 Å². The molecule has 1 aliphatic rings. The van der Waals surface area contributed by atoms with Gasteiger partial charge in [-0.3, -0.25) is 9.59 Å². The van der Waals surface area contributed by atoms with Gasteiger partial charge in [0, 0.05) is 15.6 Å². The van der Waals surface area contributed by atoms with Crippen molar-refractivity contribution < 1.29 is 28.9 Å². The third-order valence-electron chi connectivity index (χ3n) is 5.91. The predicted molar refractivity (Wildman–Crippen MR) is 131 cm³/mol. The number of Topliss-reactive ketones (excluding diaryl/α,β-unsaturated/α-hetero) is 1. The Hall–Kier alpha value is -3.36. The summed E-state index contributed by atoms with van der Waals surface area (Å²) in [7, 11) is 4.63. The molecule has 0 aliphatic carbocycles. The van der Waals surface area contributed by atoms with Crippen molar-refractivity contribution in [2.45, 2.75) is 18.6 Å². The number of amides is 1. The van der Waals surface area contributed by atoms with Crippen LogP contribution in [0.1, 0.15) is 27.9 Å². The summed E-state index contributed by atoms with van der Waals surface area (Å²) in [5.74, 6) is 0.815. The minimum absolute atomic E-state index is 0.187. The molecule has 0 aromatic heterocycles. The van der Waals surface area contributed by atoms with Crippen molar-refractivity contribution in [3.8, 4) is 17.2 Å². The Morgan fingerprint density at radius 2 is 1.65 bits per heavy atom. The zero-order chi connectivity index (χ0) is 24.5. The minimum Gasteiger partial charge on any atom is -0.497 e. The molecule has 0 saturated carbocycles. The molecule has 1 unspecified atom stereocenters. The number of carbonyl (C=O) groups excluding carboxylic acids is 2. The van der Waals surface area contributed by atoms with Crippen LogP contribution in [0.2, 0.25) is 0 Å². The first-order chi connectivity index (χ1) is 16.3. The van der Waals surface area contributed by atoms with Crippen LogP contribution in [0.3, 0.4) is 0 Å². The predicted octanol–water partition coefficient (Wildman–Crippen LogP) is 4.48. The summed E-state index contributed by atoms with van der Waals surface area (Å²) in [6, 6.07) is 17.2. The number of ketones is 1. The summed E-state index contributed by atoms with van der Waals surface area (Å²) in [6.07, 6.45) is -0.385. The summed E-state index contributed by atoms with van der Waals surface area (Å²) in [5.41, 5.74) is 0.108. The van der Waals surface area contributed by atoms with Crippen molar-refractivity contribution in [2.75, 3.05) is 26.2 Å². The second kappa shape index (κ2) is 9.48. The van der Waals surface area contributed by atoms with Gasteiger partial charge in [0.1, 0.15) is 5.75 Å². The average molecular weight is 526 g/mol. The molecule has 8 heteroatoms. The maximum atomic E-state index is 13.6. The van der Waals surface area contributed by atoms with Crippen molar-refractivity contribution in [3.63, 3.8) is 0 Å². The van der Waals surface area contributed by atoms with Gasteiger partial charge in [-0.05, 0) is 60.2 Å². The zero-order valence-electron chi connectivity index (χ0n) is 19.0. The molecule has 3 aromatic carbocycles. The van der Waals surface area contributed by atoms with Gasteiger partial charge in [0.15, 0.2) is 22.9 Å². The van der Waals surface area contributed by atoms with E-state index >= 15 is 0 Å². The Morgan fingerprint density at radius 1 is 0.941 bits per heavy atom. The lowest BCUT2D eigenvalue weighted by molar-refractivity contribution is -0.136. The monoisotopic (exact) mass is 525 g/mol. The fourth-order valence-corrected chi connectivity index (χ4v) is 4.48. The van der Waals surface area contributed by atoms with E-state index in [0.717, 1.165) is 5.56 Å². The van der Waals surface area contributed by atoms with Crippen LogP contribution in [-0.4, -0.2) is 38.1 Å².